The normalized spacial score (nSPS) is 18.3. The van der Waals surface area contributed by atoms with Crippen molar-refractivity contribution in [1.29, 1.82) is 0 Å². The zero-order valence-corrected chi connectivity index (χ0v) is 15.1. The Balaban J connectivity index is 1.54. The van der Waals surface area contributed by atoms with Gasteiger partial charge in [0.2, 0.25) is 11.8 Å². The Morgan fingerprint density at radius 3 is 2.64 bits per heavy atom. The Hall–Kier alpha value is -3.36. The lowest BCUT2D eigenvalue weighted by Crippen LogP contribution is -2.59. The van der Waals surface area contributed by atoms with E-state index in [1.807, 2.05) is 0 Å². The number of benzene rings is 2. The largest absolute Gasteiger partial charge is 0.586 e. The average molecular weight is 389 g/mol. The molecule has 2 aromatic carbocycles. The van der Waals surface area contributed by atoms with Crippen LogP contribution in [0.25, 0.3) is 0 Å². The van der Waals surface area contributed by atoms with Crippen molar-refractivity contribution in [2.45, 2.75) is 25.7 Å². The molecule has 2 heterocycles. The van der Waals surface area contributed by atoms with E-state index in [-0.39, 0.29) is 29.9 Å². The van der Waals surface area contributed by atoms with Crippen LogP contribution in [0.5, 0.6) is 11.5 Å². The van der Waals surface area contributed by atoms with Gasteiger partial charge in [-0.1, -0.05) is 12.1 Å². The molecule has 28 heavy (non-hydrogen) atoms. The number of hydrogen-bond acceptors (Lipinski definition) is 5. The van der Waals surface area contributed by atoms with Crippen LogP contribution < -0.4 is 25.0 Å². The van der Waals surface area contributed by atoms with E-state index in [1.54, 1.807) is 38.1 Å². The molecule has 2 aliphatic heterocycles. The lowest BCUT2D eigenvalue weighted by Gasteiger charge is -2.42. The monoisotopic (exact) mass is 389 g/mol. The van der Waals surface area contributed by atoms with Gasteiger partial charge in [-0.15, -0.1) is 8.78 Å². The summed E-state index contributed by atoms with van der Waals surface area (Å²) < 4.78 is 35.0. The quantitative estimate of drug-likeness (QED) is 0.843. The summed E-state index contributed by atoms with van der Waals surface area (Å²) in [6, 6.07) is 11.2. The summed E-state index contributed by atoms with van der Waals surface area (Å²) in [4.78, 5) is 26.8. The third kappa shape index (κ3) is 2.98. The number of anilines is 3. The van der Waals surface area contributed by atoms with E-state index in [0.717, 1.165) is 0 Å². The molecule has 0 aromatic heterocycles. The zero-order valence-electron chi connectivity index (χ0n) is 15.1. The highest BCUT2D eigenvalue weighted by atomic mass is 19.3. The van der Waals surface area contributed by atoms with Gasteiger partial charge in [0.15, 0.2) is 11.5 Å². The van der Waals surface area contributed by atoms with Crippen LogP contribution in [0.4, 0.5) is 25.8 Å². The molecular formula is C19H17F2N3O4. The van der Waals surface area contributed by atoms with Gasteiger partial charge in [0.25, 0.3) is 0 Å². The number of amides is 2. The predicted molar refractivity (Wildman–Crippen MR) is 97.8 cm³/mol. The van der Waals surface area contributed by atoms with Gasteiger partial charge in [-0.2, -0.15) is 0 Å². The second kappa shape index (κ2) is 6.08. The molecule has 146 valence electrons. The van der Waals surface area contributed by atoms with Crippen molar-refractivity contribution in [3.05, 3.63) is 42.5 Å². The van der Waals surface area contributed by atoms with Gasteiger partial charge in [0.1, 0.15) is 5.54 Å². The Morgan fingerprint density at radius 1 is 1.14 bits per heavy atom. The summed E-state index contributed by atoms with van der Waals surface area (Å²) in [5, 5.41) is 5.67. The minimum absolute atomic E-state index is 0.0790. The fourth-order valence-corrected chi connectivity index (χ4v) is 3.21. The van der Waals surface area contributed by atoms with Crippen LogP contribution in [0.1, 0.15) is 13.8 Å². The minimum Gasteiger partial charge on any atom is -0.395 e. The van der Waals surface area contributed by atoms with E-state index in [1.165, 1.54) is 23.1 Å². The third-order valence-corrected chi connectivity index (χ3v) is 4.60. The summed E-state index contributed by atoms with van der Waals surface area (Å²) in [6.45, 7) is 3.15. The second-order valence-corrected chi connectivity index (χ2v) is 6.94. The maximum Gasteiger partial charge on any atom is 0.586 e. The molecule has 7 nitrogen and oxygen atoms in total. The Labute approximate surface area is 159 Å². The topological polar surface area (TPSA) is 79.9 Å². The zero-order chi connectivity index (χ0) is 20.1. The molecule has 0 aliphatic carbocycles. The van der Waals surface area contributed by atoms with Gasteiger partial charge in [-0.05, 0) is 38.1 Å². The van der Waals surface area contributed by atoms with Crippen LogP contribution in [0.2, 0.25) is 0 Å². The molecule has 0 fully saturated rings. The van der Waals surface area contributed by atoms with Crippen molar-refractivity contribution in [2.75, 3.05) is 22.1 Å². The van der Waals surface area contributed by atoms with Crippen molar-refractivity contribution in [2.24, 2.45) is 0 Å². The molecule has 0 atom stereocenters. The number of fused-ring (bicyclic) bond motifs is 2. The number of ether oxygens (including phenoxy) is 2. The summed E-state index contributed by atoms with van der Waals surface area (Å²) >= 11 is 0. The van der Waals surface area contributed by atoms with E-state index in [4.69, 9.17) is 0 Å². The number of rotatable bonds is 3. The number of nitrogens with one attached hydrogen (secondary N) is 2. The first-order valence-corrected chi connectivity index (χ1v) is 8.55. The van der Waals surface area contributed by atoms with Crippen molar-refractivity contribution < 1.29 is 27.8 Å². The average Bonchev–Trinajstić information content (AvgIpc) is 2.93. The SMILES string of the molecule is CC1(C)C(=O)Nc2ccccc2N1C(=O)CNc1ccc2c(c1)OC(F)(F)O2. The summed E-state index contributed by atoms with van der Waals surface area (Å²) in [5.74, 6) is -0.852. The maximum absolute atomic E-state index is 13.1. The van der Waals surface area contributed by atoms with Crippen molar-refractivity contribution in [1.82, 2.24) is 0 Å². The van der Waals surface area contributed by atoms with Crippen LogP contribution in [0, 0.1) is 0 Å². The molecule has 2 N–H and O–H groups in total. The highest BCUT2D eigenvalue weighted by Gasteiger charge is 2.44. The fraction of sp³-hybridized carbons (Fsp3) is 0.263. The second-order valence-electron chi connectivity index (χ2n) is 6.94. The van der Waals surface area contributed by atoms with Crippen LogP contribution in [0.3, 0.4) is 0 Å². The first-order valence-electron chi connectivity index (χ1n) is 8.55. The summed E-state index contributed by atoms with van der Waals surface area (Å²) in [7, 11) is 0. The number of carbonyl (C=O) groups excluding carboxylic acids is 2. The molecule has 0 saturated carbocycles. The number of nitrogens with zero attached hydrogens (tertiary/aromatic N) is 1. The molecule has 4 rings (SSSR count). The van der Waals surface area contributed by atoms with Crippen LogP contribution >= 0.6 is 0 Å². The van der Waals surface area contributed by atoms with Gasteiger partial charge in [-0.25, -0.2) is 0 Å². The summed E-state index contributed by atoms with van der Waals surface area (Å²) in [5.41, 5.74) is 0.444. The van der Waals surface area contributed by atoms with Crippen LogP contribution in [-0.4, -0.2) is 30.2 Å². The third-order valence-electron chi connectivity index (χ3n) is 4.60. The lowest BCUT2D eigenvalue weighted by molar-refractivity contribution is -0.286. The smallest absolute Gasteiger partial charge is 0.395 e. The van der Waals surface area contributed by atoms with E-state index >= 15 is 0 Å². The number of hydrogen-bond donors (Lipinski definition) is 2. The molecule has 0 bridgehead atoms. The van der Waals surface area contributed by atoms with Gasteiger partial charge in [0.05, 0.1) is 17.9 Å². The Morgan fingerprint density at radius 2 is 1.86 bits per heavy atom. The molecule has 0 saturated heterocycles. The lowest BCUT2D eigenvalue weighted by atomic mass is 9.96. The first kappa shape index (κ1) is 18.0. The number of alkyl halides is 2. The standard InChI is InChI=1S/C19H17F2N3O4/c1-18(2)17(26)23-12-5-3-4-6-13(12)24(18)16(25)10-22-11-7-8-14-15(9-11)28-19(20,21)27-14/h3-9,22H,10H2,1-2H3,(H,23,26). The summed E-state index contributed by atoms with van der Waals surface area (Å²) in [6.07, 6.45) is -3.70. The van der Waals surface area contributed by atoms with Crippen LogP contribution in [-0.2, 0) is 9.59 Å². The molecule has 9 heteroatoms. The van der Waals surface area contributed by atoms with Crippen molar-refractivity contribution in [3.63, 3.8) is 0 Å². The van der Waals surface area contributed by atoms with E-state index in [9.17, 15) is 18.4 Å². The van der Waals surface area contributed by atoms with Gasteiger partial charge >= 0.3 is 6.29 Å². The molecule has 2 aromatic rings. The maximum atomic E-state index is 13.1. The molecule has 2 aliphatic rings. The molecule has 0 radical (unpaired) electrons. The number of carbonyl (C=O) groups is 2. The van der Waals surface area contributed by atoms with E-state index in [0.29, 0.717) is 17.1 Å². The van der Waals surface area contributed by atoms with E-state index < -0.39 is 11.8 Å². The molecule has 2 amide bonds. The van der Waals surface area contributed by atoms with Crippen molar-refractivity contribution >= 4 is 28.9 Å². The predicted octanol–water partition coefficient (Wildman–Crippen LogP) is 3.18. The van der Waals surface area contributed by atoms with Gasteiger partial charge in [-0.3, -0.25) is 14.5 Å². The number of para-hydroxylation sites is 2. The van der Waals surface area contributed by atoms with Crippen LogP contribution in [0.15, 0.2) is 42.5 Å². The number of halogens is 2. The highest BCUT2D eigenvalue weighted by molar-refractivity contribution is 6.14. The highest BCUT2D eigenvalue weighted by Crippen LogP contribution is 2.42. The Bertz CT molecular complexity index is 977. The van der Waals surface area contributed by atoms with Gasteiger partial charge in [0, 0.05) is 11.8 Å². The first-order chi connectivity index (χ1) is 13.2. The Kier molecular flexibility index (Phi) is 3.91. The van der Waals surface area contributed by atoms with E-state index in [2.05, 4.69) is 20.1 Å². The molecular weight excluding hydrogens is 372 g/mol. The molecule has 0 unspecified atom stereocenters. The van der Waals surface area contributed by atoms with Crippen molar-refractivity contribution in [3.8, 4) is 11.5 Å². The minimum atomic E-state index is -3.70. The fourth-order valence-electron chi connectivity index (χ4n) is 3.21. The molecule has 0 spiro atoms. The van der Waals surface area contributed by atoms with Gasteiger partial charge < -0.3 is 20.1 Å².